The van der Waals surface area contributed by atoms with Crippen molar-refractivity contribution in [1.29, 1.82) is 0 Å². The maximum atomic E-state index is 12.6. The minimum Gasteiger partial charge on any atom is -0.378 e. The van der Waals surface area contributed by atoms with E-state index in [9.17, 15) is 8.42 Å². The quantitative estimate of drug-likeness (QED) is 0.755. The average molecular weight is 277 g/mol. The van der Waals surface area contributed by atoms with E-state index >= 15 is 0 Å². The van der Waals surface area contributed by atoms with Crippen LogP contribution in [0.15, 0.2) is 0 Å². The first-order chi connectivity index (χ1) is 8.31. The van der Waals surface area contributed by atoms with Crippen molar-refractivity contribution < 1.29 is 17.9 Å². The highest BCUT2D eigenvalue weighted by molar-refractivity contribution is 7.89. The van der Waals surface area contributed by atoms with Crippen LogP contribution in [0, 0.1) is 0 Å². The summed E-state index contributed by atoms with van der Waals surface area (Å²) in [5.74, 6) is 0. The van der Waals surface area contributed by atoms with Crippen LogP contribution in [0.3, 0.4) is 0 Å². The van der Waals surface area contributed by atoms with Gasteiger partial charge >= 0.3 is 0 Å². The van der Waals surface area contributed by atoms with E-state index in [1.54, 1.807) is 4.31 Å². The van der Waals surface area contributed by atoms with E-state index in [1.807, 2.05) is 20.8 Å². The predicted octanol–water partition coefficient (Wildman–Crippen LogP) is 0.994. The second-order valence-corrected chi connectivity index (χ2v) is 8.03. The van der Waals surface area contributed by atoms with Crippen LogP contribution in [0.25, 0.3) is 0 Å². The maximum Gasteiger partial charge on any atom is 0.217 e. The lowest BCUT2D eigenvalue weighted by Crippen LogP contribution is -2.53. The van der Waals surface area contributed by atoms with Gasteiger partial charge in [-0.2, -0.15) is 4.31 Å². The third kappa shape index (κ3) is 3.04. The highest BCUT2D eigenvalue weighted by Gasteiger charge is 2.39. The molecular formula is C12H23NO4S. The molecule has 2 fully saturated rings. The number of hydrogen-bond acceptors (Lipinski definition) is 4. The Balaban J connectivity index is 2.10. The minimum atomic E-state index is -3.22. The largest absolute Gasteiger partial charge is 0.378 e. The smallest absolute Gasteiger partial charge is 0.217 e. The van der Waals surface area contributed by atoms with Crippen LogP contribution in [0.5, 0.6) is 0 Å². The minimum absolute atomic E-state index is 0.0348. The molecule has 0 radical (unpaired) electrons. The molecule has 2 heterocycles. The van der Waals surface area contributed by atoms with Crippen LogP contribution in [-0.4, -0.2) is 56.0 Å². The van der Waals surface area contributed by atoms with E-state index < -0.39 is 10.0 Å². The zero-order valence-electron chi connectivity index (χ0n) is 11.4. The standard InChI is InChI=1S/C12H23NO4S/c1-10-8-11(4-6-16-10)18(14,15)13-5-7-17-12(2,3)9-13/h10-11H,4-9H2,1-3H3/t10-,11+/m0/s1. The van der Waals surface area contributed by atoms with E-state index in [2.05, 4.69) is 0 Å². The first kappa shape index (κ1) is 14.2. The molecule has 0 unspecified atom stereocenters. The van der Waals surface area contributed by atoms with Crippen LogP contribution in [-0.2, 0) is 19.5 Å². The molecule has 0 bridgehead atoms. The summed E-state index contributed by atoms with van der Waals surface area (Å²) >= 11 is 0. The van der Waals surface area contributed by atoms with Gasteiger partial charge in [0.15, 0.2) is 0 Å². The summed E-state index contributed by atoms with van der Waals surface area (Å²) in [7, 11) is -3.22. The molecule has 2 atom stereocenters. The van der Waals surface area contributed by atoms with Gasteiger partial charge in [-0.05, 0) is 33.6 Å². The maximum absolute atomic E-state index is 12.6. The molecule has 2 saturated heterocycles. The van der Waals surface area contributed by atoms with Crippen molar-refractivity contribution in [2.75, 3.05) is 26.3 Å². The number of morpholine rings is 1. The van der Waals surface area contributed by atoms with Crippen LogP contribution in [0.4, 0.5) is 0 Å². The first-order valence-corrected chi connectivity index (χ1v) is 8.06. The normalized spacial score (nSPS) is 34.4. The molecule has 106 valence electrons. The van der Waals surface area contributed by atoms with Crippen molar-refractivity contribution in [3.8, 4) is 0 Å². The second kappa shape index (κ2) is 5.07. The van der Waals surface area contributed by atoms with Crippen molar-refractivity contribution in [3.63, 3.8) is 0 Å². The van der Waals surface area contributed by atoms with Gasteiger partial charge in [0.2, 0.25) is 10.0 Å². The SMILES string of the molecule is C[C@H]1C[C@H](S(=O)(=O)N2CCOC(C)(C)C2)CCO1. The number of nitrogens with zero attached hydrogens (tertiary/aromatic N) is 1. The van der Waals surface area contributed by atoms with Crippen LogP contribution < -0.4 is 0 Å². The number of rotatable bonds is 2. The fourth-order valence-corrected chi connectivity index (χ4v) is 4.78. The second-order valence-electron chi connectivity index (χ2n) is 5.81. The van der Waals surface area contributed by atoms with Crippen LogP contribution in [0.1, 0.15) is 33.6 Å². The van der Waals surface area contributed by atoms with Crippen LogP contribution >= 0.6 is 0 Å². The van der Waals surface area contributed by atoms with E-state index in [0.29, 0.717) is 39.1 Å². The van der Waals surface area contributed by atoms with Crippen molar-refractivity contribution in [1.82, 2.24) is 4.31 Å². The van der Waals surface area contributed by atoms with Gasteiger partial charge in [-0.1, -0.05) is 0 Å². The summed E-state index contributed by atoms with van der Waals surface area (Å²) in [6.45, 7) is 7.73. The molecule has 2 rings (SSSR count). The average Bonchev–Trinajstić information content (AvgIpc) is 2.27. The Morgan fingerprint density at radius 1 is 1.28 bits per heavy atom. The summed E-state index contributed by atoms with van der Waals surface area (Å²) < 4.78 is 37.8. The summed E-state index contributed by atoms with van der Waals surface area (Å²) in [5, 5.41) is -0.296. The Kier molecular flexibility index (Phi) is 4.02. The third-order valence-corrected chi connectivity index (χ3v) is 5.91. The van der Waals surface area contributed by atoms with Crippen molar-refractivity contribution >= 4 is 10.0 Å². The molecule has 2 aliphatic heterocycles. The predicted molar refractivity (Wildman–Crippen MR) is 69.0 cm³/mol. The molecule has 0 aromatic rings. The van der Waals surface area contributed by atoms with E-state index in [4.69, 9.17) is 9.47 Å². The van der Waals surface area contributed by atoms with Crippen molar-refractivity contribution in [2.45, 2.75) is 50.6 Å². The zero-order valence-corrected chi connectivity index (χ0v) is 12.2. The van der Waals surface area contributed by atoms with Crippen LogP contribution in [0.2, 0.25) is 0 Å². The molecular weight excluding hydrogens is 254 g/mol. The molecule has 0 spiro atoms. The van der Waals surface area contributed by atoms with E-state index in [-0.39, 0.29) is 17.0 Å². The molecule has 0 saturated carbocycles. The third-order valence-electron chi connectivity index (χ3n) is 3.61. The molecule has 0 N–H and O–H groups in total. The lowest BCUT2D eigenvalue weighted by atomic mass is 10.1. The van der Waals surface area contributed by atoms with Gasteiger partial charge in [0.1, 0.15) is 0 Å². The fraction of sp³-hybridized carbons (Fsp3) is 1.00. The molecule has 2 aliphatic rings. The highest BCUT2D eigenvalue weighted by Crippen LogP contribution is 2.26. The summed E-state index contributed by atoms with van der Waals surface area (Å²) in [6.07, 6.45) is 1.23. The van der Waals surface area contributed by atoms with Gasteiger partial charge in [0.05, 0.1) is 23.6 Å². The number of ether oxygens (including phenoxy) is 2. The Hall–Kier alpha value is -0.170. The zero-order chi connectivity index (χ0) is 13.4. The molecule has 0 amide bonds. The molecule has 0 aromatic carbocycles. The van der Waals surface area contributed by atoms with Crippen molar-refractivity contribution in [2.24, 2.45) is 0 Å². The molecule has 5 nitrogen and oxygen atoms in total. The summed E-state index contributed by atoms with van der Waals surface area (Å²) in [5.41, 5.74) is -0.387. The summed E-state index contributed by atoms with van der Waals surface area (Å²) in [4.78, 5) is 0. The van der Waals surface area contributed by atoms with Gasteiger partial charge in [-0.3, -0.25) is 0 Å². The Morgan fingerprint density at radius 3 is 2.61 bits per heavy atom. The molecule has 0 aromatic heterocycles. The number of hydrogen-bond donors (Lipinski definition) is 0. The Labute approximate surface area is 109 Å². The lowest BCUT2D eigenvalue weighted by Gasteiger charge is -2.40. The lowest BCUT2D eigenvalue weighted by molar-refractivity contribution is -0.0646. The van der Waals surface area contributed by atoms with Gasteiger partial charge in [0.25, 0.3) is 0 Å². The fourth-order valence-electron chi connectivity index (χ4n) is 2.63. The van der Waals surface area contributed by atoms with E-state index in [1.165, 1.54) is 0 Å². The Morgan fingerprint density at radius 2 is 2.00 bits per heavy atom. The van der Waals surface area contributed by atoms with Gasteiger partial charge in [0, 0.05) is 19.7 Å². The van der Waals surface area contributed by atoms with Gasteiger partial charge in [-0.15, -0.1) is 0 Å². The van der Waals surface area contributed by atoms with Gasteiger partial charge < -0.3 is 9.47 Å². The Bertz CT molecular complexity index is 393. The highest BCUT2D eigenvalue weighted by atomic mass is 32.2. The van der Waals surface area contributed by atoms with E-state index in [0.717, 1.165) is 0 Å². The molecule has 0 aliphatic carbocycles. The van der Waals surface area contributed by atoms with Gasteiger partial charge in [-0.25, -0.2) is 8.42 Å². The number of sulfonamides is 1. The molecule has 18 heavy (non-hydrogen) atoms. The van der Waals surface area contributed by atoms with Crippen molar-refractivity contribution in [3.05, 3.63) is 0 Å². The molecule has 6 heteroatoms. The topological polar surface area (TPSA) is 55.8 Å². The monoisotopic (exact) mass is 277 g/mol. The first-order valence-electron chi connectivity index (χ1n) is 6.56. The summed E-state index contributed by atoms with van der Waals surface area (Å²) in [6, 6.07) is 0.